The Bertz CT molecular complexity index is 651. The quantitative estimate of drug-likeness (QED) is 0.797. The fourth-order valence-corrected chi connectivity index (χ4v) is 2.73. The third-order valence-electron chi connectivity index (χ3n) is 4.16. The van der Waals surface area contributed by atoms with Gasteiger partial charge in [0.1, 0.15) is 11.4 Å². The molecule has 0 aliphatic carbocycles. The lowest BCUT2D eigenvalue weighted by molar-refractivity contribution is -0.203. The van der Waals surface area contributed by atoms with Crippen LogP contribution in [0.5, 0.6) is 5.75 Å². The molecule has 2 rings (SSSR count). The van der Waals surface area contributed by atoms with E-state index < -0.39 is 29.2 Å². The van der Waals surface area contributed by atoms with Gasteiger partial charge in [0, 0.05) is 13.1 Å². The first kappa shape index (κ1) is 20.2. The molecule has 1 N–H and O–H groups in total. The average Bonchev–Trinajstić information content (AvgIpc) is 2.57. The molecule has 2 atom stereocenters. The Balaban J connectivity index is 2.12. The third kappa shape index (κ3) is 4.53. The van der Waals surface area contributed by atoms with E-state index in [1.165, 1.54) is 6.92 Å². The maximum atomic E-state index is 12.9. The normalized spacial score (nSPS) is 22.1. The van der Waals surface area contributed by atoms with E-state index in [0.717, 1.165) is 11.3 Å². The highest BCUT2D eigenvalue weighted by Crippen LogP contribution is 2.27. The summed E-state index contributed by atoms with van der Waals surface area (Å²) in [4.78, 5) is 26.7. The van der Waals surface area contributed by atoms with E-state index in [1.807, 2.05) is 24.3 Å². The molecule has 7 heteroatoms. The molecule has 0 bridgehead atoms. The predicted octanol–water partition coefficient (Wildman–Crippen LogP) is 1.52. The van der Waals surface area contributed by atoms with Gasteiger partial charge in [-0.1, -0.05) is 12.1 Å². The molecule has 1 unspecified atom stereocenters. The molecule has 1 saturated heterocycles. The van der Waals surface area contributed by atoms with Gasteiger partial charge in [-0.3, -0.25) is 4.79 Å². The Morgan fingerprint density at radius 2 is 1.96 bits per heavy atom. The molecule has 0 aromatic heterocycles. The molecule has 1 aromatic carbocycles. The molecule has 1 amide bonds. The maximum absolute atomic E-state index is 12.9. The van der Waals surface area contributed by atoms with Crippen molar-refractivity contribution < 1.29 is 28.9 Å². The van der Waals surface area contributed by atoms with Crippen LogP contribution in [-0.2, 0) is 25.6 Å². The highest BCUT2D eigenvalue weighted by molar-refractivity contribution is 5.92. The van der Waals surface area contributed by atoms with Gasteiger partial charge >= 0.3 is 5.97 Å². The minimum Gasteiger partial charge on any atom is -0.497 e. The van der Waals surface area contributed by atoms with Crippen LogP contribution < -0.4 is 4.74 Å². The summed E-state index contributed by atoms with van der Waals surface area (Å²) in [6.07, 6.45) is -1.70. The van der Waals surface area contributed by atoms with E-state index in [9.17, 15) is 14.7 Å². The number of nitrogens with zero attached hydrogens (tertiary/aromatic N) is 1. The lowest BCUT2D eigenvalue weighted by atomic mass is 9.94. The lowest BCUT2D eigenvalue weighted by Gasteiger charge is -2.41. The minimum atomic E-state index is -1.70. The summed E-state index contributed by atoms with van der Waals surface area (Å²) in [5, 5.41) is 10.4. The molecule has 26 heavy (non-hydrogen) atoms. The van der Waals surface area contributed by atoms with Crippen LogP contribution in [0.2, 0.25) is 0 Å². The van der Waals surface area contributed by atoms with Crippen LogP contribution in [0.15, 0.2) is 24.3 Å². The number of aliphatic hydroxyl groups excluding tert-OH is 1. The van der Waals surface area contributed by atoms with E-state index in [4.69, 9.17) is 14.2 Å². The summed E-state index contributed by atoms with van der Waals surface area (Å²) in [6, 6.07) is 7.36. The van der Waals surface area contributed by atoms with Crippen LogP contribution in [-0.4, -0.2) is 59.5 Å². The van der Waals surface area contributed by atoms with E-state index in [1.54, 1.807) is 32.8 Å². The Labute approximate surface area is 153 Å². The second-order valence-corrected chi connectivity index (χ2v) is 7.47. The first-order valence-corrected chi connectivity index (χ1v) is 8.54. The number of carbonyl (C=O) groups excluding carboxylic acids is 2. The van der Waals surface area contributed by atoms with E-state index >= 15 is 0 Å². The number of hydrogen-bond acceptors (Lipinski definition) is 6. The van der Waals surface area contributed by atoms with Crippen LogP contribution >= 0.6 is 0 Å². The number of hydrogen-bond donors (Lipinski definition) is 1. The summed E-state index contributed by atoms with van der Waals surface area (Å²) < 4.78 is 15.8. The van der Waals surface area contributed by atoms with Gasteiger partial charge in [0.25, 0.3) is 5.91 Å². The van der Waals surface area contributed by atoms with Crippen molar-refractivity contribution >= 4 is 11.9 Å². The van der Waals surface area contributed by atoms with Crippen molar-refractivity contribution in [3.05, 3.63) is 29.8 Å². The predicted molar refractivity (Wildman–Crippen MR) is 94.6 cm³/mol. The van der Waals surface area contributed by atoms with Gasteiger partial charge in [0.05, 0.1) is 13.7 Å². The fraction of sp³-hybridized carbons (Fsp3) is 0.579. The molecule has 1 aromatic rings. The maximum Gasteiger partial charge on any atom is 0.339 e. The van der Waals surface area contributed by atoms with Gasteiger partial charge in [-0.05, 0) is 45.4 Å². The molecule has 7 nitrogen and oxygen atoms in total. The highest BCUT2D eigenvalue weighted by atomic mass is 16.6. The van der Waals surface area contributed by atoms with Crippen molar-refractivity contribution in [1.29, 1.82) is 0 Å². The second-order valence-electron chi connectivity index (χ2n) is 7.47. The van der Waals surface area contributed by atoms with Gasteiger partial charge in [-0.25, -0.2) is 4.79 Å². The number of carbonyl (C=O) groups is 2. The second kappa shape index (κ2) is 7.63. The van der Waals surface area contributed by atoms with Crippen molar-refractivity contribution in [2.24, 2.45) is 0 Å². The number of methoxy groups -OCH3 is 1. The fourth-order valence-electron chi connectivity index (χ4n) is 2.73. The monoisotopic (exact) mass is 365 g/mol. The molecule has 0 radical (unpaired) electrons. The molecule has 1 aliphatic heterocycles. The molecule has 1 fully saturated rings. The topological polar surface area (TPSA) is 85.3 Å². The lowest BCUT2D eigenvalue weighted by Crippen LogP contribution is -2.62. The zero-order valence-electron chi connectivity index (χ0n) is 15.9. The first-order valence-electron chi connectivity index (χ1n) is 8.54. The number of ether oxygens (including phenoxy) is 3. The summed E-state index contributed by atoms with van der Waals surface area (Å²) in [7, 11) is 1.59. The van der Waals surface area contributed by atoms with Gasteiger partial charge in [-0.15, -0.1) is 0 Å². The molecule has 0 spiro atoms. The smallest absolute Gasteiger partial charge is 0.339 e. The molecule has 1 aliphatic rings. The van der Waals surface area contributed by atoms with E-state index in [-0.39, 0.29) is 6.61 Å². The number of amides is 1. The van der Waals surface area contributed by atoms with Crippen molar-refractivity contribution in [3.8, 4) is 5.75 Å². The molecular formula is C19H27NO6. The van der Waals surface area contributed by atoms with Crippen molar-refractivity contribution in [3.63, 3.8) is 0 Å². The number of esters is 1. The number of morpholine rings is 1. The van der Waals surface area contributed by atoms with Crippen LogP contribution in [0.1, 0.15) is 33.3 Å². The zero-order chi connectivity index (χ0) is 19.5. The van der Waals surface area contributed by atoms with Gasteiger partial charge < -0.3 is 24.2 Å². The average molecular weight is 365 g/mol. The number of aliphatic hydroxyl groups is 1. The number of rotatable bonds is 5. The summed E-state index contributed by atoms with van der Waals surface area (Å²) in [5.41, 5.74) is -1.53. The molecule has 0 saturated carbocycles. The Hall–Kier alpha value is -2.12. The van der Waals surface area contributed by atoms with Crippen LogP contribution in [0.25, 0.3) is 0 Å². The van der Waals surface area contributed by atoms with Gasteiger partial charge in [0.15, 0.2) is 11.7 Å². The molecule has 1 heterocycles. The highest BCUT2D eigenvalue weighted by Gasteiger charge is 2.51. The number of benzene rings is 1. The van der Waals surface area contributed by atoms with Crippen molar-refractivity contribution in [1.82, 2.24) is 4.90 Å². The Morgan fingerprint density at radius 3 is 2.50 bits per heavy atom. The van der Waals surface area contributed by atoms with Crippen molar-refractivity contribution in [2.45, 2.75) is 51.5 Å². The zero-order valence-corrected chi connectivity index (χ0v) is 15.9. The Kier molecular flexibility index (Phi) is 5.93. The molecule has 144 valence electrons. The summed E-state index contributed by atoms with van der Waals surface area (Å²) >= 11 is 0. The first-order chi connectivity index (χ1) is 12.1. The standard InChI is InChI=1S/C19H27NO6/c1-18(2,3)26-16(22)15(21)19(4)17(23)20(10-11-25-19)12-13-6-8-14(24-5)9-7-13/h6-9,15,21H,10-12H2,1-5H3/t15?,19-/m1/s1. The van der Waals surface area contributed by atoms with Crippen LogP contribution in [0.3, 0.4) is 0 Å². The van der Waals surface area contributed by atoms with Crippen molar-refractivity contribution in [2.75, 3.05) is 20.3 Å². The molecular weight excluding hydrogens is 338 g/mol. The summed E-state index contributed by atoms with van der Waals surface area (Å²) in [6.45, 7) is 7.45. The SMILES string of the molecule is COc1ccc(CN2CCO[C@](C)(C(O)C(=O)OC(C)(C)C)C2=O)cc1. The summed E-state index contributed by atoms with van der Waals surface area (Å²) in [5.74, 6) is -0.593. The Morgan fingerprint density at radius 1 is 1.35 bits per heavy atom. The van der Waals surface area contributed by atoms with Gasteiger partial charge in [0.2, 0.25) is 0 Å². The third-order valence-corrected chi connectivity index (χ3v) is 4.16. The minimum absolute atomic E-state index is 0.220. The van der Waals surface area contributed by atoms with E-state index in [0.29, 0.717) is 13.1 Å². The largest absolute Gasteiger partial charge is 0.497 e. The van der Waals surface area contributed by atoms with Crippen LogP contribution in [0.4, 0.5) is 0 Å². The van der Waals surface area contributed by atoms with E-state index in [2.05, 4.69) is 0 Å². The van der Waals surface area contributed by atoms with Gasteiger partial charge in [-0.2, -0.15) is 0 Å². The van der Waals surface area contributed by atoms with Crippen LogP contribution in [0, 0.1) is 0 Å².